The Kier molecular flexibility index (Phi) is 4.27. The van der Waals surface area contributed by atoms with Crippen LogP contribution in [-0.2, 0) is 0 Å². The van der Waals surface area contributed by atoms with Crippen LogP contribution in [0.15, 0.2) is 54.6 Å². The van der Waals surface area contributed by atoms with E-state index in [0.717, 1.165) is 11.4 Å². The van der Waals surface area contributed by atoms with E-state index >= 15 is 0 Å². The van der Waals surface area contributed by atoms with Gasteiger partial charge in [-0.1, -0.05) is 53.9 Å². The lowest BCUT2D eigenvalue weighted by Gasteiger charge is -2.42. The summed E-state index contributed by atoms with van der Waals surface area (Å²) >= 11 is 1.51. The number of aromatic nitrogens is 2. The summed E-state index contributed by atoms with van der Waals surface area (Å²) in [5.74, 6) is 1.17. The van der Waals surface area contributed by atoms with Crippen molar-refractivity contribution in [2.24, 2.45) is 0 Å². The molecule has 1 aliphatic rings. The standard InChI is InChI=1S/C20H21N3OS/c1-13-17-20(25-22-21-17)19(15-9-11-16(24-3)12-10-15)23(2)18(13)14-7-5-4-6-8-14/h4-13,18-19H,1-3H3. The number of ether oxygens (including phenoxy) is 1. The quantitative estimate of drug-likeness (QED) is 0.700. The van der Waals surface area contributed by atoms with Gasteiger partial charge in [-0.15, -0.1) is 5.10 Å². The molecule has 4 nitrogen and oxygen atoms in total. The van der Waals surface area contributed by atoms with Crippen molar-refractivity contribution in [2.75, 3.05) is 14.2 Å². The van der Waals surface area contributed by atoms with Crippen molar-refractivity contribution in [3.8, 4) is 5.75 Å². The Hall–Kier alpha value is -2.24. The van der Waals surface area contributed by atoms with Crippen molar-refractivity contribution in [3.05, 3.63) is 76.3 Å². The summed E-state index contributed by atoms with van der Waals surface area (Å²) in [6.07, 6.45) is 0. The lowest BCUT2D eigenvalue weighted by molar-refractivity contribution is 0.158. The van der Waals surface area contributed by atoms with Crippen LogP contribution in [0.3, 0.4) is 0 Å². The van der Waals surface area contributed by atoms with Gasteiger partial charge in [0.2, 0.25) is 0 Å². The highest BCUT2D eigenvalue weighted by molar-refractivity contribution is 7.05. The molecule has 5 heteroatoms. The smallest absolute Gasteiger partial charge is 0.118 e. The minimum atomic E-state index is 0.155. The first-order chi connectivity index (χ1) is 12.2. The Morgan fingerprint density at radius 2 is 1.72 bits per heavy atom. The predicted molar refractivity (Wildman–Crippen MR) is 100 cm³/mol. The van der Waals surface area contributed by atoms with E-state index in [1.807, 2.05) is 12.1 Å². The molecule has 4 rings (SSSR count). The van der Waals surface area contributed by atoms with Crippen LogP contribution in [-0.4, -0.2) is 28.6 Å². The molecule has 2 aromatic carbocycles. The predicted octanol–water partition coefficient (Wildman–Crippen LogP) is 4.43. The van der Waals surface area contributed by atoms with Gasteiger partial charge in [-0.25, -0.2) is 0 Å². The van der Waals surface area contributed by atoms with Crippen LogP contribution in [0.4, 0.5) is 0 Å². The second-order valence-electron chi connectivity index (χ2n) is 6.51. The molecule has 0 saturated carbocycles. The minimum absolute atomic E-state index is 0.155. The topological polar surface area (TPSA) is 38.3 Å². The molecule has 0 amide bonds. The van der Waals surface area contributed by atoms with Crippen molar-refractivity contribution in [1.29, 1.82) is 0 Å². The molecule has 1 aromatic heterocycles. The van der Waals surface area contributed by atoms with Crippen molar-refractivity contribution in [3.63, 3.8) is 0 Å². The maximum Gasteiger partial charge on any atom is 0.118 e. The molecule has 25 heavy (non-hydrogen) atoms. The Morgan fingerprint density at radius 1 is 1.00 bits per heavy atom. The van der Waals surface area contributed by atoms with E-state index in [-0.39, 0.29) is 12.1 Å². The molecule has 128 valence electrons. The Morgan fingerprint density at radius 3 is 2.40 bits per heavy atom. The molecule has 0 radical (unpaired) electrons. The van der Waals surface area contributed by atoms with Gasteiger partial charge in [0.15, 0.2) is 0 Å². The van der Waals surface area contributed by atoms with Crippen LogP contribution >= 0.6 is 11.5 Å². The van der Waals surface area contributed by atoms with Crippen molar-refractivity contribution in [1.82, 2.24) is 14.5 Å². The molecule has 2 heterocycles. The number of rotatable bonds is 3. The van der Waals surface area contributed by atoms with Crippen LogP contribution in [0, 0.1) is 0 Å². The molecule has 0 bridgehead atoms. The Labute approximate surface area is 152 Å². The number of methoxy groups -OCH3 is 1. The summed E-state index contributed by atoms with van der Waals surface area (Å²) in [6.45, 7) is 2.25. The molecule has 3 atom stereocenters. The Bertz CT molecular complexity index is 847. The number of hydrogen-bond acceptors (Lipinski definition) is 5. The zero-order chi connectivity index (χ0) is 17.4. The first-order valence-corrected chi connectivity index (χ1v) is 9.21. The molecule has 0 fully saturated rings. The highest BCUT2D eigenvalue weighted by atomic mass is 32.1. The van der Waals surface area contributed by atoms with Gasteiger partial charge in [-0.3, -0.25) is 4.90 Å². The largest absolute Gasteiger partial charge is 0.497 e. The molecule has 0 aliphatic carbocycles. The maximum absolute atomic E-state index is 5.31. The van der Waals surface area contributed by atoms with Gasteiger partial charge in [0, 0.05) is 12.0 Å². The van der Waals surface area contributed by atoms with Crippen LogP contribution in [0.2, 0.25) is 0 Å². The van der Waals surface area contributed by atoms with Crippen molar-refractivity contribution in [2.45, 2.75) is 24.9 Å². The lowest BCUT2D eigenvalue weighted by atomic mass is 9.83. The van der Waals surface area contributed by atoms with Gasteiger partial charge in [0.1, 0.15) is 5.75 Å². The summed E-state index contributed by atoms with van der Waals surface area (Å²) in [4.78, 5) is 3.69. The van der Waals surface area contributed by atoms with Crippen molar-refractivity contribution < 1.29 is 4.74 Å². The maximum atomic E-state index is 5.31. The number of likely N-dealkylation sites (N-methyl/N-ethyl adjacent to an activating group) is 1. The second kappa shape index (κ2) is 6.58. The first kappa shape index (κ1) is 16.2. The van der Waals surface area contributed by atoms with Crippen LogP contribution in [0.5, 0.6) is 5.75 Å². The van der Waals surface area contributed by atoms with E-state index in [9.17, 15) is 0 Å². The molecular weight excluding hydrogens is 330 g/mol. The minimum Gasteiger partial charge on any atom is -0.497 e. The SMILES string of the molecule is COc1ccc(C2c3snnc3C(C)C(c3ccccc3)N2C)cc1. The molecule has 0 saturated heterocycles. The van der Waals surface area contributed by atoms with Gasteiger partial charge < -0.3 is 4.74 Å². The van der Waals surface area contributed by atoms with Crippen molar-refractivity contribution >= 4 is 11.5 Å². The van der Waals surface area contributed by atoms with Gasteiger partial charge in [0.25, 0.3) is 0 Å². The number of nitrogens with zero attached hydrogens (tertiary/aromatic N) is 3. The first-order valence-electron chi connectivity index (χ1n) is 8.43. The van der Waals surface area contributed by atoms with E-state index in [0.29, 0.717) is 5.92 Å². The van der Waals surface area contributed by atoms with Gasteiger partial charge in [-0.2, -0.15) is 0 Å². The third-order valence-electron chi connectivity index (χ3n) is 5.11. The summed E-state index contributed by atoms with van der Waals surface area (Å²) in [7, 11) is 3.89. The summed E-state index contributed by atoms with van der Waals surface area (Å²) in [6, 6.07) is 19.4. The van der Waals surface area contributed by atoms with E-state index in [4.69, 9.17) is 4.74 Å². The van der Waals surface area contributed by atoms with Gasteiger partial charge >= 0.3 is 0 Å². The van der Waals surface area contributed by atoms with Gasteiger partial charge in [0.05, 0.1) is 23.7 Å². The Balaban J connectivity index is 1.81. The second-order valence-corrected chi connectivity index (χ2v) is 7.29. The fraction of sp³-hybridized carbons (Fsp3) is 0.300. The van der Waals surface area contributed by atoms with Crippen LogP contribution < -0.4 is 4.74 Å². The van der Waals surface area contributed by atoms with E-state index < -0.39 is 0 Å². The number of hydrogen-bond donors (Lipinski definition) is 0. The average Bonchev–Trinajstić information content (AvgIpc) is 3.13. The van der Waals surface area contributed by atoms with Crippen LogP contribution in [0.25, 0.3) is 0 Å². The van der Waals surface area contributed by atoms with Gasteiger partial charge in [-0.05, 0) is 41.8 Å². The summed E-state index contributed by atoms with van der Waals surface area (Å²) in [5.41, 5.74) is 3.68. The zero-order valence-electron chi connectivity index (χ0n) is 14.6. The highest BCUT2D eigenvalue weighted by Crippen LogP contribution is 2.49. The monoisotopic (exact) mass is 351 g/mol. The summed E-state index contributed by atoms with van der Waals surface area (Å²) in [5, 5.41) is 4.47. The molecule has 0 N–H and O–H groups in total. The third-order valence-corrected chi connectivity index (χ3v) is 5.90. The molecule has 3 aromatic rings. The van der Waals surface area contributed by atoms with Crippen LogP contribution in [0.1, 0.15) is 46.6 Å². The lowest BCUT2D eigenvalue weighted by Crippen LogP contribution is -2.37. The fourth-order valence-corrected chi connectivity index (χ4v) is 4.84. The molecule has 3 unspecified atom stereocenters. The molecule has 0 spiro atoms. The van der Waals surface area contributed by atoms with E-state index in [1.54, 1.807) is 7.11 Å². The highest BCUT2D eigenvalue weighted by Gasteiger charge is 2.40. The normalized spacial score (nSPS) is 23.2. The number of fused-ring (bicyclic) bond motifs is 1. The number of benzene rings is 2. The third kappa shape index (κ3) is 2.73. The zero-order valence-corrected chi connectivity index (χ0v) is 15.4. The summed E-state index contributed by atoms with van der Waals surface area (Å²) < 4.78 is 9.58. The van der Waals surface area contributed by atoms with E-state index in [2.05, 4.69) is 70.9 Å². The molecule has 1 aliphatic heterocycles. The van der Waals surface area contributed by atoms with E-state index in [1.165, 1.54) is 27.5 Å². The fourth-order valence-electron chi connectivity index (χ4n) is 3.90. The molecular formula is C20H21N3OS. The average molecular weight is 351 g/mol.